The van der Waals surface area contributed by atoms with Crippen LogP contribution in [0.1, 0.15) is 22.8 Å². The maximum atomic E-state index is 11.1. The standard InChI is InChI=1S/C9H5IN2O3/c1-5(13)6-2-3-8(12(14)15)7(4-11)9(6)10/h2-3H,1H3. The van der Waals surface area contributed by atoms with E-state index in [1.165, 1.54) is 19.1 Å². The number of hydrogen-bond donors (Lipinski definition) is 0. The highest BCUT2D eigenvalue weighted by Gasteiger charge is 2.20. The number of hydrogen-bond acceptors (Lipinski definition) is 4. The zero-order valence-corrected chi connectivity index (χ0v) is 9.81. The van der Waals surface area contributed by atoms with E-state index in [2.05, 4.69) is 0 Å². The average molecular weight is 316 g/mol. The molecule has 0 radical (unpaired) electrons. The van der Waals surface area contributed by atoms with E-state index < -0.39 is 4.92 Å². The van der Waals surface area contributed by atoms with Gasteiger partial charge in [-0.05, 0) is 35.6 Å². The van der Waals surface area contributed by atoms with Crippen LogP contribution < -0.4 is 0 Å². The van der Waals surface area contributed by atoms with Crippen LogP contribution in [-0.4, -0.2) is 10.7 Å². The van der Waals surface area contributed by atoms with Crippen LogP contribution in [0.3, 0.4) is 0 Å². The predicted octanol–water partition coefficient (Wildman–Crippen LogP) is 2.27. The molecule has 6 heteroatoms. The zero-order valence-electron chi connectivity index (χ0n) is 7.65. The van der Waals surface area contributed by atoms with Crippen molar-refractivity contribution >= 4 is 34.1 Å². The predicted molar refractivity (Wildman–Crippen MR) is 60.5 cm³/mol. The number of benzene rings is 1. The molecule has 0 saturated heterocycles. The van der Waals surface area contributed by atoms with Gasteiger partial charge < -0.3 is 0 Å². The number of carbonyl (C=O) groups excluding carboxylic acids is 1. The maximum absolute atomic E-state index is 11.1. The summed E-state index contributed by atoms with van der Waals surface area (Å²) in [5, 5.41) is 19.4. The highest BCUT2D eigenvalue weighted by atomic mass is 127. The van der Waals surface area contributed by atoms with Gasteiger partial charge in [-0.3, -0.25) is 14.9 Å². The Hall–Kier alpha value is -1.49. The molecule has 5 nitrogen and oxygen atoms in total. The zero-order chi connectivity index (χ0) is 11.6. The molecular weight excluding hydrogens is 311 g/mol. The van der Waals surface area contributed by atoms with E-state index in [-0.39, 0.29) is 17.0 Å². The minimum absolute atomic E-state index is 0.0618. The van der Waals surface area contributed by atoms with Crippen molar-refractivity contribution in [2.75, 3.05) is 0 Å². The second-order valence-corrected chi connectivity index (χ2v) is 3.83. The Kier molecular flexibility index (Phi) is 3.36. The van der Waals surface area contributed by atoms with Crippen molar-refractivity contribution in [2.45, 2.75) is 6.92 Å². The fourth-order valence-corrected chi connectivity index (χ4v) is 2.05. The van der Waals surface area contributed by atoms with Crippen molar-refractivity contribution in [3.8, 4) is 6.07 Å². The summed E-state index contributed by atoms with van der Waals surface area (Å²) in [5.41, 5.74) is -0.00190. The summed E-state index contributed by atoms with van der Waals surface area (Å²) in [4.78, 5) is 21.1. The van der Waals surface area contributed by atoms with Gasteiger partial charge in [0.1, 0.15) is 11.6 Å². The molecular formula is C9H5IN2O3. The van der Waals surface area contributed by atoms with Crippen molar-refractivity contribution in [1.82, 2.24) is 0 Å². The summed E-state index contributed by atoms with van der Waals surface area (Å²) in [5.74, 6) is -0.217. The lowest BCUT2D eigenvalue weighted by atomic mass is 10.1. The number of rotatable bonds is 2. The quantitative estimate of drug-likeness (QED) is 0.363. The number of nitro groups is 1. The molecule has 0 aliphatic heterocycles. The first kappa shape index (κ1) is 11.6. The van der Waals surface area contributed by atoms with Gasteiger partial charge in [-0.25, -0.2) is 0 Å². The van der Waals surface area contributed by atoms with E-state index in [0.717, 1.165) is 0 Å². The molecule has 0 atom stereocenters. The molecule has 0 aromatic heterocycles. The Morgan fingerprint density at radius 1 is 1.60 bits per heavy atom. The number of carbonyl (C=O) groups is 1. The first-order valence-electron chi connectivity index (χ1n) is 3.87. The Balaban J connectivity index is 3.55. The van der Waals surface area contributed by atoms with Crippen LogP contribution in [0.4, 0.5) is 5.69 Å². The fourth-order valence-electron chi connectivity index (χ4n) is 1.10. The third-order valence-electron chi connectivity index (χ3n) is 1.81. The summed E-state index contributed by atoms with van der Waals surface area (Å²) in [6.07, 6.45) is 0. The third kappa shape index (κ3) is 2.12. The molecule has 76 valence electrons. The second-order valence-electron chi connectivity index (χ2n) is 2.75. The van der Waals surface area contributed by atoms with Gasteiger partial charge in [-0.2, -0.15) is 5.26 Å². The number of ketones is 1. The summed E-state index contributed by atoms with van der Waals surface area (Å²) in [6.45, 7) is 1.35. The Morgan fingerprint density at radius 3 is 2.60 bits per heavy atom. The van der Waals surface area contributed by atoms with Crippen LogP contribution in [-0.2, 0) is 0 Å². The minimum atomic E-state index is -0.634. The van der Waals surface area contributed by atoms with E-state index in [1.54, 1.807) is 28.7 Å². The van der Waals surface area contributed by atoms with Crippen molar-refractivity contribution in [3.63, 3.8) is 0 Å². The van der Waals surface area contributed by atoms with Crippen LogP contribution in [0.5, 0.6) is 0 Å². The number of Topliss-reactive ketones (excluding diaryl/α,β-unsaturated/α-hetero) is 1. The molecule has 0 spiro atoms. The summed E-state index contributed by atoms with van der Waals surface area (Å²) >= 11 is 1.77. The molecule has 1 aromatic carbocycles. The topological polar surface area (TPSA) is 84.0 Å². The van der Waals surface area contributed by atoms with Crippen LogP contribution in [0, 0.1) is 25.0 Å². The molecule has 1 aromatic rings. The van der Waals surface area contributed by atoms with E-state index in [4.69, 9.17) is 5.26 Å². The SMILES string of the molecule is CC(=O)c1ccc([N+](=O)[O-])c(C#N)c1I. The van der Waals surface area contributed by atoms with Crippen molar-refractivity contribution in [3.05, 3.63) is 36.9 Å². The summed E-state index contributed by atoms with van der Waals surface area (Å²) in [6, 6.07) is 4.28. The van der Waals surface area contributed by atoms with Gasteiger partial charge >= 0.3 is 0 Å². The molecule has 0 unspecified atom stereocenters. The summed E-state index contributed by atoms with van der Waals surface area (Å²) < 4.78 is 0.330. The molecule has 0 N–H and O–H groups in total. The molecule has 1 rings (SSSR count). The molecule has 0 heterocycles. The number of nitro benzene ring substituents is 1. The Morgan fingerprint density at radius 2 is 2.20 bits per heavy atom. The molecule has 0 aliphatic rings. The van der Waals surface area contributed by atoms with Gasteiger partial charge in [0.15, 0.2) is 5.78 Å². The monoisotopic (exact) mass is 316 g/mol. The van der Waals surface area contributed by atoms with Crippen molar-refractivity contribution < 1.29 is 9.72 Å². The lowest BCUT2D eigenvalue weighted by Crippen LogP contribution is -2.02. The minimum Gasteiger partial charge on any atom is -0.294 e. The normalized spacial score (nSPS) is 9.40. The largest absolute Gasteiger partial charge is 0.294 e. The Bertz CT molecular complexity index is 491. The van der Waals surface area contributed by atoms with Gasteiger partial charge in [0.25, 0.3) is 5.69 Å². The highest BCUT2D eigenvalue weighted by Crippen LogP contribution is 2.26. The Labute approximate surface area is 99.0 Å². The smallest absolute Gasteiger partial charge is 0.288 e. The second kappa shape index (κ2) is 4.35. The molecule has 15 heavy (non-hydrogen) atoms. The fraction of sp³-hybridized carbons (Fsp3) is 0.111. The lowest BCUT2D eigenvalue weighted by molar-refractivity contribution is -0.385. The number of halogens is 1. The molecule has 0 aliphatic carbocycles. The first-order chi connectivity index (χ1) is 6.99. The van der Waals surface area contributed by atoms with Crippen molar-refractivity contribution in [2.24, 2.45) is 0 Å². The van der Waals surface area contributed by atoms with Gasteiger partial charge in [0.2, 0.25) is 0 Å². The lowest BCUT2D eigenvalue weighted by Gasteiger charge is -2.02. The summed E-state index contributed by atoms with van der Waals surface area (Å²) in [7, 11) is 0. The van der Waals surface area contributed by atoms with Crippen LogP contribution in [0.15, 0.2) is 12.1 Å². The van der Waals surface area contributed by atoms with Crippen molar-refractivity contribution in [1.29, 1.82) is 5.26 Å². The maximum Gasteiger partial charge on any atom is 0.288 e. The van der Waals surface area contributed by atoms with Crippen LogP contribution in [0.2, 0.25) is 0 Å². The molecule has 0 bridgehead atoms. The van der Waals surface area contributed by atoms with Crippen LogP contribution in [0.25, 0.3) is 0 Å². The number of nitrogens with zero attached hydrogens (tertiary/aromatic N) is 2. The van der Waals surface area contributed by atoms with E-state index in [0.29, 0.717) is 9.13 Å². The van der Waals surface area contributed by atoms with Gasteiger partial charge in [-0.1, -0.05) is 0 Å². The van der Waals surface area contributed by atoms with E-state index >= 15 is 0 Å². The molecule has 0 fully saturated rings. The van der Waals surface area contributed by atoms with E-state index in [9.17, 15) is 14.9 Å². The third-order valence-corrected chi connectivity index (χ3v) is 2.93. The van der Waals surface area contributed by atoms with Crippen LogP contribution >= 0.6 is 22.6 Å². The van der Waals surface area contributed by atoms with Gasteiger partial charge in [0, 0.05) is 15.2 Å². The van der Waals surface area contributed by atoms with Gasteiger partial charge in [-0.15, -0.1) is 0 Å². The average Bonchev–Trinajstić information content (AvgIpc) is 2.16. The first-order valence-corrected chi connectivity index (χ1v) is 4.94. The van der Waals surface area contributed by atoms with Gasteiger partial charge in [0.05, 0.1) is 4.92 Å². The van der Waals surface area contributed by atoms with E-state index in [1.807, 2.05) is 0 Å². The molecule has 0 amide bonds. The number of nitriles is 1. The highest BCUT2D eigenvalue weighted by molar-refractivity contribution is 14.1. The molecule has 0 saturated carbocycles.